The van der Waals surface area contributed by atoms with Crippen LogP contribution in [0.3, 0.4) is 0 Å². The van der Waals surface area contributed by atoms with Gasteiger partial charge in [-0.3, -0.25) is 4.68 Å². The SMILES string of the molecule is CC(N)CS(=O)(=O)Cc1nn(C)c2ccccc12. The molecular weight excluding hydrogens is 250 g/mol. The third-order valence-electron chi connectivity index (χ3n) is 2.71. The summed E-state index contributed by atoms with van der Waals surface area (Å²) in [6.07, 6.45) is 0. The number of aryl methyl sites for hydroxylation is 1. The fourth-order valence-electron chi connectivity index (χ4n) is 2.06. The van der Waals surface area contributed by atoms with Gasteiger partial charge in [-0.1, -0.05) is 18.2 Å². The van der Waals surface area contributed by atoms with Crippen LogP contribution in [0, 0.1) is 0 Å². The molecule has 1 aromatic carbocycles. The molecule has 1 heterocycles. The average molecular weight is 267 g/mol. The van der Waals surface area contributed by atoms with Crippen molar-refractivity contribution in [2.24, 2.45) is 12.8 Å². The molecule has 2 N–H and O–H groups in total. The molecule has 0 aliphatic carbocycles. The maximum atomic E-state index is 11.9. The highest BCUT2D eigenvalue weighted by molar-refractivity contribution is 7.90. The molecule has 0 saturated carbocycles. The van der Waals surface area contributed by atoms with Crippen molar-refractivity contribution in [1.82, 2.24) is 9.78 Å². The molecule has 0 aliphatic heterocycles. The van der Waals surface area contributed by atoms with Crippen molar-refractivity contribution >= 4 is 20.7 Å². The third kappa shape index (κ3) is 2.70. The number of para-hydroxylation sites is 1. The van der Waals surface area contributed by atoms with Gasteiger partial charge in [-0.25, -0.2) is 8.42 Å². The van der Waals surface area contributed by atoms with E-state index in [0.29, 0.717) is 5.69 Å². The largest absolute Gasteiger partial charge is 0.327 e. The van der Waals surface area contributed by atoms with Gasteiger partial charge in [-0.15, -0.1) is 0 Å². The summed E-state index contributed by atoms with van der Waals surface area (Å²) in [6, 6.07) is 7.24. The molecule has 0 fully saturated rings. The molecule has 5 nitrogen and oxygen atoms in total. The average Bonchev–Trinajstić information content (AvgIpc) is 2.54. The molecule has 0 saturated heterocycles. The molecule has 98 valence electrons. The number of fused-ring (bicyclic) bond motifs is 1. The number of hydrogen-bond donors (Lipinski definition) is 1. The number of nitrogens with zero attached hydrogens (tertiary/aromatic N) is 2. The number of nitrogens with two attached hydrogens (primary N) is 1. The Morgan fingerprint density at radius 3 is 2.72 bits per heavy atom. The van der Waals surface area contributed by atoms with Gasteiger partial charge in [-0.05, 0) is 13.0 Å². The lowest BCUT2D eigenvalue weighted by Crippen LogP contribution is -2.27. The van der Waals surface area contributed by atoms with E-state index in [9.17, 15) is 8.42 Å². The van der Waals surface area contributed by atoms with Crippen LogP contribution >= 0.6 is 0 Å². The normalized spacial score (nSPS) is 13.9. The molecule has 0 amide bonds. The van der Waals surface area contributed by atoms with Crippen molar-refractivity contribution in [3.8, 4) is 0 Å². The first kappa shape index (κ1) is 13.0. The summed E-state index contributed by atoms with van der Waals surface area (Å²) in [4.78, 5) is 0. The van der Waals surface area contributed by atoms with Crippen LogP contribution < -0.4 is 5.73 Å². The molecule has 1 unspecified atom stereocenters. The molecule has 6 heteroatoms. The molecule has 0 spiro atoms. The smallest absolute Gasteiger partial charge is 0.157 e. The molecule has 1 aromatic heterocycles. The lowest BCUT2D eigenvalue weighted by atomic mass is 10.2. The van der Waals surface area contributed by atoms with Crippen molar-refractivity contribution in [2.75, 3.05) is 5.75 Å². The topological polar surface area (TPSA) is 78.0 Å². The van der Waals surface area contributed by atoms with Crippen LogP contribution in [0.4, 0.5) is 0 Å². The van der Waals surface area contributed by atoms with Crippen LogP contribution in [0.15, 0.2) is 24.3 Å². The molecule has 18 heavy (non-hydrogen) atoms. The van der Waals surface area contributed by atoms with E-state index in [4.69, 9.17) is 5.73 Å². The number of sulfone groups is 1. The van der Waals surface area contributed by atoms with Crippen molar-refractivity contribution in [1.29, 1.82) is 0 Å². The van der Waals surface area contributed by atoms with E-state index < -0.39 is 9.84 Å². The second kappa shape index (κ2) is 4.70. The minimum Gasteiger partial charge on any atom is -0.327 e. The van der Waals surface area contributed by atoms with Gasteiger partial charge in [0.1, 0.15) is 0 Å². The van der Waals surface area contributed by atoms with Gasteiger partial charge in [0.25, 0.3) is 0 Å². The van der Waals surface area contributed by atoms with E-state index in [1.165, 1.54) is 0 Å². The summed E-state index contributed by atoms with van der Waals surface area (Å²) in [5.41, 5.74) is 7.07. The Bertz CT molecular complexity index is 659. The molecule has 0 radical (unpaired) electrons. The number of hydrogen-bond acceptors (Lipinski definition) is 4. The summed E-state index contributed by atoms with van der Waals surface area (Å²) < 4.78 is 25.6. The third-order valence-corrected chi connectivity index (χ3v) is 4.45. The van der Waals surface area contributed by atoms with Crippen LogP contribution in [0.25, 0.3) is 10.9 Å². The van der Waals surface area contributed by atoms with Crippen LogP contribution in [0.1, 0.15) is 12.6 Å². The summed E-state index contributed by atoms with van der Waals surface area (Å²) in [6.45, 7) is 1.69. The van der Waals surface area contributed by atoms with Crippen molar-refractivity contribution in [2.45, 2.75) is 18.7 Å². The minimum atomic E-state index is -3.21. The van der Waals surface area contributed by atoms with E-state index in [0.717, 1.165) is 10.9 Å². The van der Waals surface area contributed by atoms with Crippen molar-refractivity contribution in [3.05, 3.63) is 30.0 Å². The number of benzene rings is 1. The highest BCUT2D eigenvalue weighted by Gasteiger charge is 2.18. The zero-order chi connectivity index (χ0) is 13.3. The molecular formula is C12H17N3O2S. The van der Waals surface area contributed by atoms with Gasteiger partial charge in [0, 0.05) is 18.5 Å². The van der Waals surface area contributed by atoms with Crippen molar-refractivity contribution < 1.29 is 8.42 Å². The Balaban J connectivity index is 2.38. The lowest BCUT2D eigenvalue weighted by molar-refractivity contribution is 0.588. The van der Waals surface area contributed by atoms with Gasteiger partial charge >= 0.3 is 0 Å². The second-order valence-electron chi connectivity index (χ2n) is 4.62. The first-order valence-corrected chi connectivity index (χ1v) is 7.58. The predicted octanol–water partition coefficient (Wildman–Crippen LogP) is 0.835. The molecule has 1 atom stereocenters. The zero-order valence-electron chi connectivity index (χ0n) is 10.5. The van der Waals surface area contributed by atoms with E-state index >= 15 is 0 Å². The molecule has 2 aromatic rings. The van der Waals surface area contributed by atoms with E-state index in [2.05, 4.69) is 5.10 Å². The minimum absolute atomic E-state index is 0.0160. The number of aromatic nitrogens is 2. The van der Waals surface area contributed by atoms with E-state index in [1.807, 2.05) is 31.3 Å². The first-order valence-electron chi connectivity index (χ1n) is 5.75. The van der Waals surface area contributed by atoms with Crippen LogP contribution in [-0.2, 0) is 22.6 Å². The first-order chi connectivity index (χ1) is 8.39. The maximum absolute atomic E-state index is 11.9. The summed E-state index contributed by atoms with van der Waals surface area (Å²) >= 11 is 0. The lowest BCUT2D eigenvalue weighted by Gasteiger charge is -2.05. The van der Waals surface area contributed by atoms with E-state index in [1.54, 1.807) is 11.6 Å². The van der Waals surface area contributed by atoms with Gasteiger partial charge < -0.3 is 5.73 Å². The molecule has 2 rings (SSSR count). The monoisotopic (exact) mass is 267 g/mol. The van der Waals surface area contributed by atoms with Crippen molar-refractivity contribution in [3.63, 3.8) is 0 Å². The van der Waals surface area contributed by atoms with Crippen LogP contribution in [-0.4, -0.2) is 30.0 Å². The fourth-order valence-corrected chi connectivity index (χ4v) is 3.61. The second-order valence-corrected chi connectivity index (χ2v) is 6.73. The zero-order valence-corrected chi connectivity index (χ0v) is 11.3. The van der Waals surface area contributed by atoms with Gasteiger partial charge in [-0.2, -0.15) is 5.10 Å². The summed E-state index contributed by atoms with van der Waals surface area (Å²) in [5.74, 6) is -0.0756. The quantitative estimate of drug-likeness (QED) is 0.890. The van der Waals surface area contributed by atoms with Gasteiger partial charge in [0.15, 0.2) is 9.84 Å². The van der Waals surface area contributed by atoms with E-state index in [-0.39, 0.29) is 17.5 Å². The Morgan fingerprint density at radius 2 is 2.06 bits per heavy atom. The Labute approximate surface area is 107 Å². The Morgan fingerprint density at radius 1 is 1.39 bits per heavy atom. The van der Waals surface area contributed by atoms with Crippen LogP contribution in [0.2, 0.25) is 0 Å². The van der Waals surface area contributed by atoms with Gasteiger partial charge in [0.2, 0.25) is 0 Å². The standard InChI is InChI=1S/C12H17N3O2S/c1-9(13)7-18(16,17)8-11-10-5-3-4-6-12(10)15(2)14-11/h3-6,9H,7-8,13H2,1-2H3. The highest BCUT2D eigenvalue weighted by atomic mass is 32.2. The Kier molecular flexibility index (Phi) is 3.41. The fraction of sp³-hybridized carbons (Fsp3) is 0.417. The predicted molar refractivity (Wildman–Crippen MR) is 71.9 cm³/mol. The maximum Gasteiger partial charge on any atom is 0.157 e. The summed E-state index contributed by atoms with van der Waals surface area (Å²) in [7, 11) is -1.40. The summed E-state index contributed by atoms with van der Waals surface area (Å²) in [5, 5.41) is 5.16. The Hall–Kier alpha value is -1.40. The molecule has 0 bridgehead atoms. The van der Waals surface area contributed by atoms with Crippen LogP contribution in [0.5, 0.6) is 0 Å². The number of rotatable bonds is 4. The molecule has 0 aliphatic rings. The highest BCUT2D eigenvalue weighted by Crippen LogP contribution is 2.19. The van der Waals surface area contributed by atoms with Gasteiger partial charge in [0.05, 0.1) is 22.7 Å².